The van der Waals surface area contributed by atoms with Crippen LogP contribution < -0.4 is 0 Å². The topological polar surface area (TPSA) is 54.4 Å². The van der Waals surface area contributed by atoms with Crippen molar-refractivity contribution in [3.05, 3.63) is 16.5 Å². The minimum Gasteiger partial charge on any atom is -0.396 e. The molecule has 0 radical (unpaired) electrons. The molecule has 0 bridgehead atoms. The van der Waals surface area contributed by atoms with E-state index in [-0.39, 0.29) is 15.5 Å². The Balaban J connectivity index is 3.15. The van der Waals surface area contributed by atoms with Crippen LogP contribution in [0, 0.1) is 11.8 Å². The largest absolute Gasteiger partial charge is 0.397 e. The van der Waals surface area contributed by atoms with Crippen LogP contribution in [-0.2, 0) is 9.84 Å². The average molecular weight is 387 g/mol. The fourth-order valence-electron chi connectivity index (χ4n) is 2.05. The lowest BCUT2D eigenvalue weighted by Crippen LogP contribution is -2.46. The first-order chi connectivity index (χ1) is 9.79. The monoisotopic (exact) mass is 386 g/mol. The SMILES string of the molecule is CC(F)(F)C([C@H](CO)CS(=O)(=O)c1ccc(Cl)s1)C(F)(F)F. The second-order valence-corrected chi connectivity index (χ2v) is 8.73. The summed E-state index contributed by atoms with van der Waals surface area (Å²) in [6.07, 6.45) is -5.35. The molecule has 0 aliphatic heterocycles. The molecular weight excluding hydrogens is 375 g/mol. The molecule has 22 heavy (non-hydrogen) atoms. The summed E-state index contributed by atoms with van der Waals surface area (Å²) in [5, 5.41) is 9.02. The number of aliphatic hydroxyl groups excluding tert-OH is 1. The summed E-state index contributed by atoms with van der Waals surface area (Å²) in [7, 11) is -4.28. The van der Waals surface area contributed by atoms with Gasteiger partial charge >= 0.3 is 6.18 Å². The number of rotatable bonds is 6. The zero-order valence-electron chi connectivity index (χ0n) is 11.1. The molecule has 0 fully saturated rings. The van der Waals surface area contributed by atoms with Crippen LogP contribution in [0.3, 0.4) is 0 Å². The van der Waals surface area contributed by atoms with E-state index >= 15 is 0 Å². The molecule has 1 rings (SSSR count). The van der Waals surface area contributed by atoms with Crippen molar-refractivity contribution in [2.75, 3.05) is 12.4 Å². The van der Waals surface area contributed by atoms with E-state index in [0.29, 0.717) is 11.3 Å². The van der Waals surface area contributed by atoms with Crippen molar-refractivity contribution in [2.24, 2.45) is 11.8 Å². The maximum Gasteiger partial charge on any atom is 0.397 e. The van der Waals surface area contributed by atoms with Gasteiger partial charge in [0.2, 0.25) is 0 Å². The molecule has 1 aromatic rings. The van der Waals surface area contributed by atoms with E-state index in [2.05, 4.69) is 0 Å². The van der Waals surface area contributed by atoms with Gasteiger partial charge in [-0.1, -0.05) is 11.6 Å². The molecule has 11 heteroatoms. The molecule has 0 saturated heterocycles. The summed E-state index contributed by atoms with van der Waals surface area (Å²) in [5.74, 6) is -10.9. The van der Waals surface area contributed by atoms with Crippen molar-refractivity contribution in [3.8, 4) is 0 Å². The van der Waals surface area contributed by atoms with Crippen molar-refractivity contribution in [1.29, 1.82) is 0 Å². The van der Waals surface area contributed by atoms with Gasteiger partial charge in [-0.05, 0) is 19.1 Å². The molecule has 1 aromatic heterocycles. The van der Waals surface area contributed by atoms with Crippen LogP contribution in [0.4, 0.5) is 22.0 Å². The zero-order valence-corrected chi connectivity index (χ0v) is 13.5. The third-order valence-corrected chi connectivity index (χ3v) is 6.55. The normalized spacial score (nSPS) is 16.5. The molecule has 0 aliphatic carbocycles. The molecule has 0 spiro atoms. The lowest BCUT2D eigenvalue weighted by Gasteiger charge is -2.31. The van der Waals surface area contributed by atoms with Gasteiger partial charge in [0.1, 0.15) is 10.1 Å². The Morgan fingerprint density at radius 3 is 2.14 bits per heavy atom. The predicted molar refractivity (Wildman–Crippen MR) is 72.1 cm³/mol. The summed E-state index contributed by atoms with van der Waals surface area (Å²) in [6.45, 7) is -1.30. The standard InChI is InChI=1S/C11H12ClF5O3S2/c1-10(13,14)9(11(15,16)17)6(4-18)5-22(19,20)8-3-2-7(12)21-8/h2-3,6,9,18H,4-5H2,1H3/t6-,9?/m1/s1. The average Bonchev–Trinajstić information content (AvgIpc) is 2.71. The zero-order chi connectivity index (χ0) is 17.3. The van der Waals surface area contributed by atoms with E-state index in [9.17, 15) is 30.4 Å². The Bertz CT molecular complexity index is 592. The second-order valence-electron chi connectivity index (χ2n) is 4.76. The highest BCUT2D eigenvalue weighted by Gasteiger charge is 2.57. The number of hydrogen-bond donors (Lipinski definition) is 1. The Hall–Kier alpha value is -0.450. The van der Waals surface area contributed by atoms with Crippen molar-refractivity contribution in [3.63, 3.8) is 0 Å². The van der Waals surface area contributed by atoms with Crippen LogP contribution in [0.15, 0.2) is 16.3 Å². The quantitative estimate of drug-likeness (QED) is 0.760. The Morgan fingerprint density at radius 1 is 1.27 bits per heavy atom. The van der Waals surface area contributed by atoms with Gasteiger partial charge in [0.05, 0.1) is 10.1 Å². The molecule has 128 valence electrons. The van der Waals surface area contributed by atoms with Crippen LogP contribution in [0.2, 0.25) is 4.34 Å². The fraction of sp³-hybridized carbons (Fsp3) is 0.636. The van der Waals surface area contributed by atoms with E-state index in [4.69, 9.17) is 16.7 Å². The van der Waals surface area contributed by atoms with Crippen molar-refractivity contribution >= 4 is 32.8 Å². The van der Waals surface area contributed by atoms with Crippen molar-refractivity contribution in [1.82, 2.24) is 0 Å². The van der Waals surface area contributed by atoms with E-state index in [1.807, 2.05) is 0 Å². The van der Waals surface area contributed by atoms with Gasteiger partial charge in [-0.3, -0.25) is 0 Å². The first-order valence-electron chi connectivity index (χ1n) is 5.82. The maximum absolute atomic E-state index is 13.3. The number of aliphatic hydroxyl groups is 1. The first kappa shape index (κ1) is 19.6. The Labute approximate surface area is 132 Å². The second kappa shape index (κ2) is 6.58. The minimum atomic E-state index is -5.35. The van der Waals surface area contributed by atoms with Crippen LogP contribution in [0.5, 0.6) is 0 Å². The Kier molecular flexibility index (Phi) is 5.86. The summed E-state index contributed by atoms with van der Waals surface area (Å²) in [5.41, 5.74) is 0. The first-order valence-corrected chi connectivity index (χ1v) is 8.67. The number of hydrogen-bond acceptors (Lipinski definition) is 4. The molecule has 2 atom stereocenters. The summed E-state index contributed by atoms with van der Waals surface area (Å²) in [6, 6.07) is 2.30. The highest BCUT2D eigenvalue weighted by molar-refractivity contribution is 7.93. The van der Waals surface area contributed by atoms with Crippen LogP contribution in [-0.4, -0.2) is 38.0 Å². The highest BCUT2D eigenvalue weighted by atomic mass is 35.5. The maximum atomic E-state index is 13.3. The van der Waals surface area contributed by atoms with Crippen molar-refractivity contribution < 1.29 is 35.5 Å². The molecular formula is C11H12ClF5O3S2. The van der Waals surface area contributed by atoms with E-state index in [1.54, 1.807) is 0 Å². The summed E-state index contributed by atoms with van der Waals surface area (Å²) in [4.78, 5) is 0. The molecule has 0 amide bonds. The fourth-order valence-corrected chi connectivity index (χ4v) is 5.25. The van der Waals surface area contributed by atoms with Crippen LogP contribution in [0.25, 0.3) is 0 Å². The van der Waals surface area contributed by atoms with Gasteiger partial charge in [-0.25, -0.2) is 17.2 Å². The molecule has 1 N–H and O–H groups in total. The van der Waals surface area contributed by atoms with Gasteiger partial charge in [-0.2, -0.15) is 13.2 Å². The van der Waals surface area contributed by atoms with Gasteiger partial charge < -0.3 is 5.11 Å². The van der Waals surface area contributed by atoms with Gasteiger partial charge in [0.25, 0.3) is 5.92 Å². The number of sulfone groups is 1. The predicted octanol–water partition coefficient (Wildman–Crippen LogP) is 3.62. The third-order valence-electron chi connectivity index (χ3n) is 2.89. The number of thiophene rings is 1. The Morgan fingerprint density at radius 2 is 1.82 bits per heavy atom. The number of alkyl halides is 5. The molecule has 1 unspecified atom stereocenters. The van der Waals surface area contributed by atoms with Crippen LogP contribution >= 0.6 is 22.9 Å². The minimum absolute atomic E-state index is 0.0441. The van der Waals surface area contributed by atoms with Crippen molar-refractivity contribution in [2.45, 2.75) is 23.2 Å². The molecule has 3 nitrogen and oxygen atoms in total. The molecule has 0 saturated carbocycles. The number of halogens is 6. The van der Waals surface area contributed by atoms with E-state index in [1.165, 1.54) is 6.07 Å². The van der Waals surface area contributed by atoms with E-state index in [0.717, 1.165) is 6.07 Å². The van der Waals surface area contributed by atoms with Gasteiger partial charge in [0, 0.05) is 12.5 Å². The summed E-state index contributed by atoms with van der Waals surface area (Å²) < 4.78 is 88.8. The highest BCUT2D eigenvalue weighted by Crippen LogP contribution is 2.43. The van der Waals surface area contributed by atoms with E-state index < -0.39 is 46.1 Å². The lowest BCUT2D eigenvalue weighted by molar-refractivity contribution is -0.251. The third kappa shape index (κ3) is 4.77. The molecule has 1 heterocycles. The van der Waals surface area contributed by atoms with Gasteiger partial charge in [0.15, 0.2) is 9.84 Å². The molecule has 0 aliphatic rings. The summed E-state index contributed by atoms with van der Waals surface area (Å²) >= 11 is 6.15. The smallest absolute Gasteiger partial charge is 0.396 e. The lowest BCUT2D eigenvalue weighted by atomic mass is 9.88. The van der Waals surface area contributed by atoms with Gasteiger partial charge in [-0.15, -0.1) is 11.3 Å². The van der Waals surface area contributed by atoms with Crippen LogP contribution in [0.1, 0.15) is 6.92 Å². The molecule has 0 aromatic carbocycles.